The molecule has 1 heterocycles. The quantitative estimate of drug-likeness (QED) is 0.726. The molecule has 0 fully saturated rings. The fraction of sp³-hybridized carbons (Fsp3) is 0.700. The van der Waals surface area contributed by atoms with Crippen LogP contribution in [0.25, 0.3) is 0 Å². The van der Waals surface area contributed by atoms with Crippen LogP contribution in [0.15, 0.2) is 11.5 Å². The number of carbonyl (C=O) groups excluding carboxylic acids is 1. The van der Waals surface area contributed by atoms with Gasteiger partial charge in [-0.05, 0) is 18.9 Å². The summed E-state index contributed by atoms with van der Waals surface area (Å²) in [6, 6.07) is -0.446. The highest BCUT2D eigenvalue weighted by molar-refractivity contribution is 7.94. The Morgan fingerprint density at radius 1 is 1.50 bits per heavy atom. The molecule has 1 aliphatic heterocycles. The topological polar surface area (TPSA) is 89.3 Å². The maximum Gasteiger partial charge on any atom is 0.240 e. The highest BCUT2D eigenvalue weighted by Gasteiger charge is 2.32. The first-order valence-corrected chi connectivity index (χ1v) is 7.05. The van der Waals surface area contributed by atoms with Gasteiger partial charge in [-0.15, -0.1) is 0 Å². The molecule has 0 spiro atoms. The van der Waals surface area contributed by atoms with Gasteiger partial charge >= 0.3 is 0 Å². The van der Waals surface area contributed by atoms with Crippen molar-refractivity contribution in [1.82, 2.24) is 5.32 Å². The number of hydrogen-bond donors (Lipinski definition) is 2. The van der Waals surface area contributed by atoms with Gasteiger partial charge in [0.25, 0.3) is 0 Å². The lowest BCUT2D eigenvalue weighted by atomic mass is 9.93. The Labute approximate surface area is 96.0 Å². The van der Waals surface area contributed by atoms with E-state index >= 15 is 0 Å². The highest BCUT2D eigenvalue weighted by atomic mass is 32.2. The van der Waals surface area contributed by atoms with E-state index in [9.17, 15) is 13.2 Å². The van der Waals surface area contributed by atoms with E-state index in [2.05, 4.69) is 5.32 Å². The molecule has 0 aromatic rings. The number of rotatable bonds is 4. The number of amides is 1. The molecule has 0 aromatic heterocycles. The minimum absolute atomic E-state index is 0.0672. The minimum Gasteiger partial charge on any atom is -0.347 e. The molecule has 1 unspecified atom stereocenters. The van der Waals surface area contributed by atoms with Crippen LogP contribution in [0, 0.1) is 0 Å². The predicted octanol–water partition coefficient (Wildman–Crippen LogP) is -0.0692. The zero-order chi connectivity index (χ0) is 12.4. The zero-order valence-corrected chi connectivity index (χ0v) is 10.4. The molecule has 5 nitrogen and oxygen atoms in total. The number of sulfone groups is 1. The second kappa shape index (κ2) is 4.55. The first kappa shape index (κ1) is 13.2. The first-order chi connectivity index (χ1) is 7.33. The third-order valence-corrected chi connectivity index (χ3v) is 4.36. The lowest BCUT2D eigenvalue weighted by molar-refractivity contribution is -0.126. The Balaban J connectivity index is 2.64. The van der Waals surface area contributed by atoms with Gasteiger partial charge in [0.05, 0.1) is 17.3 Å². The fourth-order valence-corrected chi connectivity index (χ4v) is 2.78. The average molecular weight is 246 g/mol. The van der Waals surface area contributed by atoms with Crippen molar-refractivity contribution < 1.29 is 13.2 Å². The van der Waals surface area contributed by atoms with E-state index in [0.29, 0.717) is 12.8 Å². The fourth-order valence-electron chi connectivity index (χ4n) is 1.55. The summed E-state index contributed by atoms with van der Waals surface area (Å²) in [6.45, 7) is 3.68. The van der Waals surface area contributed by atoms with E-state index in [1.54, 1.807) is 0 Å². The van der Waals surface area contributed by atoms with Crippen LogP contribution in [0.1, 0.15) is 26.7 Å². The summed E-state index contributed by atoms with van der Waals surface area (Å²) < 4.78 is 22.3. The largest absolute Gasteiger partial charge is 0.347 e. The van der Waals surface area contributed by atoms with E-state index in [4.69, 9.17) is 5.73 Å². The van der Waals surface area contributed by atoms with Crippen LogP contribution in [0.4, 0.5) is 0 Å². The summed E-state index contributed by atoms with van der Waals surface area (Å²) in [6.07, 6.45) is 2.54. The molecule has 0 saturated heterocycles. The minimum atomic E-state index is -3.14. The Kier molecular flexibility index (Phi) is 3.75. The van der Waals surface area contributed by atoms with Crippen molar-refractivity contribution in [2.75, 3.05) is 5.75 Å². The van der Waals surface area contributed by atoms with Crippen LogP contribution in [0.2, 0.25) is 0 Å². The lowest BCUT2D eigenvalue weighted by Crippen LogP contribution is -2.55. The molecule has 1 aliphatic rings. The van der Waals surface area contributed by atoms with E-state index in [-0.39, 0.29) is 11.7 Å². The molecule has 16 heavy (non-hydrogen) atoms. The maximum absolute atomic E-state index is 11.8. The van der Waals surface area contributed by atoms with Crippen molar-refractivity contribution in [2.45, 2.75) is 38.3 Å². The number of nitrogens with two attached hydrogens (primary N) is 1. The van der Waals surface area contributed by atoms with Crippen LogP contribution in [-0.2, 0) is 14.6 Å². The number of hydrogen-bond acceptors (Lipinski definition) is 4. The molecular formula is C10H18N2O3S. The van der Waals surface area contributed by atoms with Crippen LogP contribution >= 0.6 is 0 Å². The normalized spacial score (nSPS) is 23.3. The van der Waals surface area contributed by atoms with E-state index in [1.165, 1.54) is 6.08 Å². The summed E-state index contributed by atoms with van der Waals surface area (Å²) in [5.41, 5.74) is 5.00. The molecule has 0 saturated carbocycles. The molecule has 0 bridgehead atoms. The molecule has 6 heteroatoms. The van der Waals surface area contributed by atoms with Gasteiger partial charge in [-0.2, -0.15) is 0 Å². The molecule has 0 radical (unpaired) electrons. The SMILES string of the molecule is CCC(N)(CC)C(=O)NC1C=CS(=O)(=O)C1. The van der Waals surface area contributed by atoms with Crippen LogP contribution in [-0.4, -0.2) is 31.7 Å². The molecule has 0 aliphatic carbocycles. The van der Waals surface area contributed by atoms with Gasteiger partial charge in [0.1, 0.15) is 0 Å². The van der Waals surface area contributed by atoms with Crippen LogP contribution in [0.5, 0.6) is 0 Å². The average Bonchev–Trinajstić information content (AvgIpc) is 2.56. The smallest absolute Gasteiger partial charge is 0.240 e. The van der Waals surface area contributed by atoms with Gasteiger partial charge < -0.3 is 11.1 Å². The van der Waals surface area contributed by atoms with Gasteiger partial charge in [0.15, 0.2) is 9.84 Å². The molecule has 1 atom stereocenters. The zero-order valence-electron chi connectivity index (χ0n) is 9.56. The third kappa shape index (κ3) is 2.82. The van der Waals surface area contributed by atoms with E-state index < -0.39 is 21.4 Å². The van der Waals surface area contributed by atoms with Gasteiger partial charge in [0, 0.05) is 5.41 Å². The second-order valence-electron chi connectivity index (χ2n) is 4.10. The van der Waals surface area contributed by atoms with Crippen LogP contribution in [0.3, 0.4) is 0 Å². The van der Waals surface area contributed by atoms with Crippen molar-refractivity contribution >= 4 is 15.7 Å². The standard InChI is InChI=1S/C10H18N2O3S/c1-3-10(11,4-2)9(13)12-8-5-6-16(14,15)7-8/h5-6,8H,3-4,7,11H2,1-2H3,(H,12,13). The Morgan fingerprint density at radius 3 is 2.44 bits per heavy atom. The van der Waals surface area contributed by atoms with Gasteiger partial charge in [-0.3, -0.25) is 4.79 Å². The second-order valence-corrected chi connectivity index (χ2v) is 6.03. The van der Waals surface area contributed by atoms with Gasteiger partial charge in [-0.25, -0.2) is 8.42 Å². The van der Waals surface area contributed by atoms with Gasteiger partial charge in [0.2, 0.25) is 5.91 Å². The summed E-state index contributed by atoms with van der Waals surface area (Å²) in [5, 5.41) is 3.78. The van der Waals surface area contributed by atoms with Crippen molar-refractivity contribution in [3.8, 4) is 0 Å². The van der Waals surface area contributed by atoms with Crippen LogP contribution < -0.4 is 11.1 Å². The summed E-state index contributed by atoms with van der Waals surface area (Å²) >= 11 is 0. The Morgan fingerprint density at radius 2 is 2.06 bits per heavy atom. The van der Waals surface area contributed by atoms with Gasteiger partial charge in [-0.1, -0.05) is 13.8 Å². The monoisotopic (exact) mass is 246 g/mol. The maximum atomic E-state index is 11.8. The number of carbonyl (C=O) groups is 1. The van der Waals surface area contributed by atoms with E-state index in [0.717, 1.165) is 5.41 Å². The Hall–Kier alpha value is -0.880. The van der Waals surface area contributed by atoms with E-state index in [1.807, 2.05) is 13.8 Å². The van der Waals surface area contributed by atoms with Crippen molar-refractivity contribution in [1.29, 1.82) is 0 Å². The predicted molar refractivity (Wildman–Crippen MR) is 62.4 cm³/mol. The third-order valence-electron chi connectivity index (χ3n) is 2.96. The molecule has 92 valence electrons. The van der Waals surface area contributed by atoms with Crippen molar-refractivity contribution in [3.63, 3.8) is 0 Å². The summed E-state index contributed by atoms with van der Waals surface area (Å²) in [4.78, 5) is 11.8. The molecule has 1 amide bonds. The first-order valence-electron chi connectivity index (χ1n) is 5.34. The molecule has 0 aromatic carbocycles. The number of nitrogens with one attached hydrogen (secondary N) is 1. The molecule has 1 rings (SSSR count). The summed E-state index contributed by atoms with van der Waals surface area (Å²) in [7, 11) is -3.14. The van der Waals surface area contributed by atoms with Crippen molar-refractivity contribution in [3.05, 3.63) is 11.5 Å². The highest BCUT2D eigenvalue weighted by Crippen LogP contribution is 2.14. The lowest BCUT2D eigenvalue weighted by Gasteiger charge is -2.26. The molecule has 3 N–H and O–H groups in total. The Bertz CT molecular complexity index is 396. The van der Waals surface area contributed by atoms with Crippen molar-refractivity contribution in [2.24, 2.45) is 5.73 Å². The summed E-state index contributed by atoms with van der Waals surface area (Å²) in [5.74, 6) is -0.355. The molecular weight excluding hydrogens is 228 g/mol.